The van der Waals surface area contributed by atoms with Gasteiger partial charge in [-0.1, -0.05) is 30.3 Å². The average molecular weight is 375 g/mol. The summed E-state index contributed by atoms with van der Waals surface area (Å²) < 4.78 is 12.7. The van der Waals surface area contributed by atoms with E-state index in [1.807, 2.05) is 61.7 Å². The summed E-state index contributed by atoms with van der Waals surface area (Å²) in [5, 5.41) is 0. The number of benzene rings is 2. The molecule has 6 heteroatoms. The summed E-state index contributed by atoms with van der Waals surface area (Å²) in [5.41, 5.74) is 4.87. The van der Waals surface area contributed by atoms with Gasteiger partial charge < -0.3 is 9.47 Å². The van der Waals surface area contributed by atoms with Crippen LogP contribution in [0.1, 0.15) is 29.6 Å². The number of rotatable bonds is 5. The molecule has 0 bridgehead atoms. The lowest BCUT2D eigenvalue weighted by atomic mass is 10.00. The molecule has 1 aromatic heterocycles. The topological polar surface area (TPSA) is 65.7 Å². The molecule has 0 N–H and O–H groups in total. The second kappa shape index (κ2) is 7.68. The fourth-order valence-corrected chi connectivity index (χ4v) is 3.34. The summed E-state index contributed by atoms with van der Waals surface area (Å²) in [4.78, 5) is 21.0. The van der Waals surface area contributed by atoms with Crippen LogP contribution in [0.5, 0.6) is 5.75 Å². The van der Waals surface area contributed by atoms with E-state index in [2.05, 4.69) is 9.55 Å². The number of aryl methyl sites for hydroxylation is 1. The third-order valence-corrected chi connectivity index (χ3v) is 4.56. The van der Waals surface area contributed by atoms with Crippen molar-refractivity contribution < 1.29 is 14.3 Å². The lowest BCUT2D eigenvalue weighted by molar-refractivity contribution is -0.145. The number of carbonyl (C=O) groups excluding carboxylic acids is 1. The maximum Gasteiger partial charge on any atom is 0.344 e. The molecule has 0 fully saturated rings. The maximum absolute atomic E-state index is 11.6. The van der Waals surface area contributed by atoms with Crippen molar-refractivity contribution in [2.75, 3.05) is 13.2 Å². The Balaban J connectivity index is 1.78. The van der Waals surface area contributed by atoms with Crippen LogP contribution in [0, 0.1) is 6.92 Å². The number of esters is 1. The van der Waals surface area contributed by atoms with Gasteiger partial charge in [-0.05, 0) is 32.0 Å². The van der Waals surface area contributed by atoms with Crippen molar-refractivity contribution in [3.63, 3.8) is 0 Å². The second-order valence-corrected chi connectivity index (χ2v) is 6.45. The first-order chi connectivity index (χ1) is 13.7. The highest BCUT2D eigenvalue weighted by Crippen LogP contribution is 2.29. The van der Waals surface area contributed by atoms with Gasteiger partial charge in [0.2, 0.25) is 0 Å². The van der Waals surface area contributed by atoms with Gasteiger partial charge in [0.15, 0.2) is 6.61 Å². The second-order valence-electron chi connectivity index (χ2n) is 6.45. The zero-order chi connectivity index (χ0) is 19.5. The molecule has 28 heavy (non-hydrogen) atoms. The average Bonchev–Trinajstić information content (AvgIpc) is 2.99. The quantitative estimate of drug-likeness (QED) is 0.641. The van der Waals surface area contributed by atoms with Crippen molar-refractivity contribution >= 4 is 11.7 Å². The number of aromatic nitrogens is 2. The minimum atomic E-state index is -0.387. The van der Waals surface area contributed by atoms with Gasteiger partial charge in [0.25, 0.3) is 0 Å². The minimum absolute atomic E-state index is 0.125. The summed E-state index contributed by atoms with van der Waals surface area (Å²) in [6.45, 7) is 4.50. The van der Waals surface area contributed by atoms with Crippen LogP contribution in [-0.4, -0.2) is 34.4 Å². The van der Waals surface area contributed by atoms with Gasteiger partial charge in [0.1, 0.15) is 11.6 Å². The molecule has 0 atom stereocenters. The van der Waals surface area contributed by atoms with Crippen LogP contribution in [0.15, 0.2) is 59.7 Å². The number of imidazole rings is 1. The van der Waals surface area contributed by atoms with E-state index in [1.54, 1.807) is 6.92 Å². The largest absolute Gasteiger partial charge is 0.482 e. The number of hydrogen-bond donors (Lipinski definition) is 0. The maximum atomic E-state index is 11.6. The summed E-state index contributed by atoms with van der Waals surface area (Å²) >= 11 is 0. The molecule has 2 aromatic carbocycles. The molecule has 6 nitrogen and oxygen atoms in total. The normalized spacial score (nSPS) is 12.4. The zero-order valence-corrected chi connectivity index (χ0v) is 15.9. The Hall–Kier alpha value is -3.41. The van der Waals surface area contributed by atoms with Crippen LogP contribution >= 0.6 is 0 Å². The molecule has 0 unspecified atom stereocenters. The molecule has 1 aliphatic heterocycles. The standard InChI is InChI=1S/C22H21N3O3/c1-3-27-21(26)14-28-17-9-10-19-18(11-17)22(16-7-5-4-6-8-16)24-13-20-23-12-15(2)25(19)20/h4-12H,3,13-14H2,1-2H3. The van der Waals surface area contributed by atoms with Crippen molar-refractivity contribution in [3.8, 4) is 11.4 Å². The SMILES string of the molecule is CCOC(=O)COc1ccc2c(c1)C(c1ccccc1)=NCc1ncc(C)n1-2. The number of nitrogens with zero attached hydrogens (tertiary/aromatic N) is 3. The van der Waals surface area contributed by atoms with Crippen LogP contribution in [0.4, 0.5) is 0 Å². The Bertz CT molecular complexity index is 1040. The first-order valence-corrected chi connectivity index (χ1v) is 9.23. The van der Waals surface area contributed by atoms with E-state index >= 15 is 0 Å². The van der Waals surface area contributed by atoms with Gasteiger partial charge in [-0.3, -0.25) is 9.56 Å². The van der Waals surface area contributed by atoms with Crippen LogP contribution in [0.3, 0.4) is 0 Å². The van der Waals surface area contributed by atoms with Gasteiger partial charge >= 0.3 is 5.97 Å². The zero-order valence-electron chi connectivity index (χ0n) is 15.9. The molecule has 1 aliphatic rings. The van der Waals surface area contributed by atoms with Crippen molar-refractivity contribution in [1.82, 2.24) is 9.55 Å². The Morgan fingerprint density at radius 3 is 2.79 bits per heavy atom. The van der Waals surface area contributed by atoms with E-state index in [1.165, 1.54) is 0 Å². The molecule has 0 saturated heterocycles. The van der Waals surface area contributed by atoms with E-state index in [9.17, 15) is 4.79 Å². The molecular weight excluding hydrogens is 354 g/mol. The Kier molecular flexibility index (Phi) is 4.93. The predicted octanol–water partition coefficient (Wildman–Crippen LogP) is 3.47. The van der Waals surface area contributed by atoms with E-state index in [0.717, 1.165) is 34.0 Å². The Morgan fingerprint density at radius 2 is 2.00 bits per heavy atom. The number of ether oxygens (including phenoxy) is 2. The Morgan fingerprint density at radius 1 is 1.18 bits per heavy atom. The van der Waals surface area contributed by atoms with Crippen molar-refractivity contribution in [2.45, 2.75) is 20.4 Å². The van der Waals surface area contributed by atoms with Gasteiger partial charge in [0, 0.05) is 23.0 Å². The van der Waals surface area contributed by atoms with E-state index in [0.29, 0.717) is 18.9 Å². The van der Waals surface area contributed by atoms with E-state index < -0.39 is 0 Å². The number of hydrogen-bond acceptors (Lipinski definition) is 5. The van der Waals surface area contributed by atoms with Gasteiger partial charge in [-0.2, -0.15) is 0 Å². The summed E-state index contributed by atoms with van der Waals surface area (Å²) in [5.74, 6) is 1.10. The highest BCUT2D eigenvalue weighted by molar-refractivity contribution is 6.15. The highest BCUT2D eigenvalue weighted by atomic mass is 16.6. The Labute approximate surface area is 163 Å². The summed E-state index contributed by atoms with van der Waals surface area (Å²) in [7, 11) is 0. The number of fused-ring (bicyclic) bond motifs is 3. The predicted molar refractivity (Wildman–Crippen MR) is 106 cm³/mol. The lowest BCUT2D eigenvalue weighted by Crippen LogP contribution is -2.15. The van der Waals surface area contributed by atoms with Crippen molar-refractivity contribution in [2.24, 2.45) is 4.99 Å². The fourth-order valence-electron chi connectivity index (χ4n) is 3.34. The molecule has 0 radical (unpaired) electrons. The third kappa shape index (κ3) is 3.41. The molecule has 142 valence electrons. The number of aliphatic imine (C=N–C) groups is 1. The minimum Gasteiger partial charge on any atom is -0.482 e. The first-order valence-electron chi connectivity index (χ1n) is 9.23. The monoisotopic (exact) mass is 375 g/mol. The lowest BCUT2D eigenvalue weighted by Gasteiger charge is -2.15. The smallest absolute Gasteiger partial charge is 0.344 e. The van der Waals surface area contributed by atoms with Crippen molar-refractivity contribution in [1.29, 1.82) is 0 Å². The van der Waals surface area contributed by atoms with Crippen LogP contribution in [0.25, 0.3) is 5.69 Å². The summed E-state index contributed by atoms with van der Waals surface area (Å²) in [6, 6.07) is 15.8. The highest BCUT2D eigenvalue weighted by Gasteiger charge is 2.21. The molecule has 0 spiro atoms. The molecule has 0 saturated carbocycles. The molecule has 2 heterocycles. The number of carbonyl (C=O) groups is 1. The molecular formula is C22H21N3O3. The van der Waals surface area contributed by atoms with Gasteiger partial charge in [-0.25, -0.2) is 9.78 Å². The van der Waals surface area contributed by atoms with Crippen LogP contribution in [0.2, 0.25) is 0 Å². The molecule has 0 amide bonds. The fraction of sp³-hybridized carbons (Fsp3) is 0.227. The molecule has 4 rings (SSSR count). The first kappa shape index (κ1) is 18.0. The van der Waals surface area contributed by atoms with Crippen LogP contribution < -0.4 is 4.74 Å². The molecule has 3 aromatic rings. The third-order valence-electron chi connectivity index (χ3n) is 4.56. The summed E-state index contributed by atoms with van der Waals surface area (Å²) in [6.07, 6.45) is 1.85. The van der Waals surface area contributed by atoms with Gasteiger partial charge in [0.05, 0.1) is 24.6 Å². The van der Waals surface area contributed by atoms with E-state index in [-0.39, 0.29) is 12.6 Å². The van der Waals surface area contributed by atoms with Gasteiger partial charge in [-0.15, -0.1) is 0 Å². The molecule has 0 aliphatic carbocycles. The van der Waals surface area contributed by atoms with Crippen LogP contribution in [-0.2, 0) is 16.1 Å². The van der Waals surface area contributed by atoms with E-state index in [4.69, 9.17) is 14.5 Å². The van der Waals surface area contributed by atoms with Crippen molar-refractivity contribution in [3.05, 3.63) is 77.4 Å².